The number of rotatable bonds is 4. The van der Waals surface area contributed by atoms with Crippen LogP contribution in [-0.4, -0.2) is 23.4 Å². The minimum Gasteiger partial charge on any atom is -0.465 e. The Morgan fingerprint density at radius 3 is 2.83 bits per heavy atom. The third-order valence-corrected chi connectivity index (χ3v) is 3.51. The van der Waals surface area contributed by atoms with Gasteiger partial charge in [-0.15, -0.1) is 0 Å². The van der Waals surface area contributed by atoms with Crippen LogP contribution in [0.1, 0.15) is 17.3 Å². The van der Waals surface area contributed by atoms with Gasteiger partial charge in [-0.2, -0.15) is 0 Å². The largest absolute Gasteiger partial charge is 0.465 e. The fraction of sp³-hybridized carbons (Fsp3) is 0.231. The van der Waals surface area contributed by atoms with Crippen LogP contribution in [0, 0.1) is 0 Å². The SMILES string of the molecule is CCOC(=O)Cn1c(Br)c(C=O)c2ccccc21. The Kier molecular flexibility index (Phi) is 3.81. The minimum atomic E-state index is -0.323. The van der Waals surface area contributed by atoms with Crippen molar-refractivity contribution < 1.29 is 14.3 Å². The summed E-state index contributed by atoms with van der Waals surface area (Å²) in [5, 5.41) is 0.823. The molecular formula is C13H12BrNO3. The molecular weight excluding hydrogens is 298 g/mol. The molecule has 0 aliphatic rings. The van der Waals surface area contributed by atoms with Crippen LogP contribution in [-0.2, 0) is 16.1 Å². The molecule has 0 bridgehead atoms. The van der Waals surface area contributed by atoms with E-state index in [-0.39, 0.29) is 12.5 Å². The number of aromatic nitrogens is 1. The molecule has 0 atom stereocenters. The van der Waals surface area contributed by atoms with Crippen LogP contribution >= 0.6 is 15.9 Å². The van der Waals surface area contributed by atoms with Crippen molar-refractivity contribution >= 4 is 39.1 Å². The van der Waals surface area contributed by atoms with Crippen molar-refractivity contribution in [2.45, 2.75) is 13.5 Å². The van der Waals surface area contributed by atoms with Crippen molar-refractivity contribution in [3.8, 4) is 0 Å². The van der Waals surface area contributed by atoms with Gasteiger partial charge < -0.3 is 9.30 Å². The lowest BCUT2D eigenvalue weighted by atomic mass is 10.2. The highest BCUT2D eigenvalue weighted by atomic mass is 79.9. The van der Waals surface area contributed by atoms with Crippen LogP contribution in [0.15, 0.2) is 28.9 Å². The van der Waals surface area contributed by atoms with Gasteiger partial charge >= 0.3 is 5.97 Å². The average Bonchev–Trinajstić information content (AvgIpc) is 2.63. The van der Waals surface area contributed by atoms with Gasteiger partial charge in [-0.25, -0.2) is 0 Å². The quantitative estimate of drug-likeness (QED) is 0.644. The van der Waals surface area contributed by atoms with E-state index in [2.05, 4.69) is 15.9 Å². The molecule has 5 heteroatoms. The molecule has 2 aromatic rings. The smallest absolute Gasteiger partial charge is 0.325 e. The number of esters is 1. The second kappa shape index (κ2) is 5.35. The first-order valence-electron chi connectivity index (χ1n) is 5.56. The van der Waals surface area contributed by atoms with Crippen LogP contribution in [0.2, 0.25) is 0 Å². The van der Waals surface area contributed by atoms with Gasteiger partial charge in [-0.05, 0) is 28.9 Å². The number of hydrogen-bond donors (Lipinski definition) is 0. The number of halogens is 1. The molecule has 1 aromatic carbocycles. The Morgan fingerprint density at radius 2 is 2.17 bits per heavy atom. The number of aldehydes is 1. The highest BCUT2D eigenvalue weighted by Gasteiger charge is 2.16. The molecule has 0 unspecified atom stereocenters. The van der Waals surface area contributed by atoms with E-state index in [1.807, 2.05) is 24.3 Å². The fourth-order valence-corrected chi connectivity index (χ4v) is 2.52. The maximum atomic E-state index is 11.6. The summed E-state index contributed by atoms with van der Waals surface area (Å²) in [6, 6.07) is 7.44. The summed E-state index contributed by atoms with van der Waals surface area (Å²) in [4.78, 5) is 22.7. The molecule has 0 amide bonds. The van der Waals surface area contributed by atoms with E-state index in [0.717, 1.165) is 17.2 Å². The first kappa shape index (κ1) is 12.8. The Labute approximate surface area is 113 Å². The van der Waals surface area contributed by atoms with E-state index in [4.69, 9.17) is 4.74 Å². The van der Waals surface area contributed by atoms with Gasteiger partial charge in [0, 0.05) is 5.39 Å². The predicted molar refractivity (Wildman–Crippen MR) is 71.7 cm³/mol. The number of fused-ring (bicyclic) bond motifs is 1. The second-order valence-corrected chi connectivity index (χ2v) is 4.48. The average molecular weight is 310 g/mol. The molecule has 2 rings (SSSR count). The zero-order chi connectivity index (χ0) is 13.1. The summed E-state index contributed by atoms with van der Waals surface area (Å²) in [6.07, 6.45) is 0.786. The third kappa shape index (κ3) is 2.18. The number of ether oxygens (including phenoxy) is 1. The fourth-order valence-electron chi connectivity index (χ4n) is 1.90. The molecule has 0 radical (unpaired) electrons. The highest BCUT2D eigenvalue weighted by Crippen LogP contribution is 2.28. The molecule has 94 valence electrons. The number of carbonyl (C=O) groups is 2. The molecule has 4 nitrogen and oxygen atoms in total. The van der Waals surface area contributed by atoms with Crippen LogP contribution in [0.4, 0.5) is 0 Å². The van der Waals surface area contributed by atoms with Crippen molar-refractivity contribution in [2.75, 3.05) is 6.61 Å². The van der Waals surface area contributed by atoms with Crippen molar-refractivity contribution in [3.05, 3.63) is 34.4 Å². The minimum absolute atomic E-state index is 0.0861. The lowest BCUT2D eigenvalue weighted by Crippen LogP contribution is -2.13. The number of nitrogens with zero attached hydrogens (tertiary/aromatic N) is 1. The van der Waals surface area contributed by atoms with E-state index in [0.29, 0.717) is 16.8 Å². The summed E-state index contributed by atoms with van der Waals surface area (Å²) in [7, 11) is 0. The van der Waals surface area contributed by atoms with Crippen molar-refractivity contribution in [3.63, 3.8) is 0 Å². The lowest BCUT2D eigenvalue weighted by Gasteiger charge is -2.06. The summed E-state index contributed by atoms with van der Waals surface area (Å²) < 4.78 is 7.26. The van der Waals surface area contributed by atoms with Crippen LogP contribution in [0.3, 0.4) is 0 Å². The van der Waals surface area contributed by atoms with Gasteiger partial charge in [0.25, 0.3) is 0 Å². The zero-order valence-electron chi connectivity index (χ0n) is 9.85. The molecule has 0 saturated carbocycles. The number of carbonyl (C=O) groups excluding carboxylic acids is 2. The number of hydrogen-bond acceptors (Lipinski definition) is 3. The van der Waals surface area contributed by atoms with Crippen LogP contribution < -0.4 is 0 Å². The van der Waals surface area contributed by atoms with Crippen molar-refractivity contribution in [2.24, 2.45) is 0 Å². The van der Waals surface area contributed by atoms with Gasteiger partial charge in [-0.3, -0.25) is 9.59 Å². The zero-order valence-corrected chi connectivity index (χ0v) is 11.4. The molecule has 0 N–H and O–H groups in total. The highest BCUT2D eigenvalue weighted by molar-refractivity contribution is 9.10. The summed E-state index contributed by atoms with van der Waals surface area (Å²) >= 11 is 3.36. The van der Waals surface area contributed by atoms with Crippen molar-refractivity contribution in [1.82, 2.24) is 4.57 Å². The van der Waals surface area contributed by atoms with Gasteiger partial charge in [0.05, 0.1) is 22.3 Å². The summed E-state index contributed by atoms with van der Waals surface area (Å²) in [5.74, 6) is -0.323. The molecule has 1 heterocycles. The monoisotopic (exact) mass is 309 g/mol. The Hall–Kier alpha value is -1.62. The molecule has 1 aromatic heterocycles. The van der Waals surface area contributed by atoms with E-state index in [9.17, 15) is 9.59 Å². The van der Waals surface area contributed by atoms with Gasteiger partial charge in [0.15, 0.2) is 6.29 Å². The number of para-hydroxylation sites is 1. The lowest BCUT2D eigenvalue weighted by molar-refractivity contribution is -0.143. The maximum absolute atomic E-state index is 11.6. The molecule has 0 saturated heterocycles. The van der Waals surface area contributed by atoms with Gasteiger partial charge in [0.2, 0.25) is 0 Å². The van der Waals surface area contributed by atoms with Crippen LogP contribution in [0.25, 0.3) is 10.9 Å². The summed E-state index contributed by atoms with van der Waals surface area (Å²) in [5.41, 5.74) is 1.38. The van der Waals surface area contributed by atoms with E-state index < -0.39 is 0 Å². The Morgan fingerprint density at radius 1 is 1.44 bits per heavy atom. The number of benzene rings is 1. The van der Waals surface area contributed by atoms with E-state index >= 15 is 0 Å². The molecule has 0 aliphatic heterocycles. The summed E-state index contributed by atoms with van der Waals surface area (Å²) in [6.45, 7) is 2.19. The standard InChI is InChI=1S/C13H12BrNO3/c1-2-18-12(17)7-15-11-6-4-3-5-9(11)10(8-16)13(15)14/h3-6,8H,2,7H2,1H3. The Balaban J connectivity index is 2.53. The Bertz CT molecular complexity index is 604. The predicted octanol–water partition coefficient (Wildman–Crippen LogP) is 2.78. The van der Waals surface area contributed by atoms with E-state index in [1.165, 1.54) is 0 Å². The second-order valence-electron chi connectivity index (χ2n) is 3.73. The van der Waals surface area contributed by atoms with Gasteiger partial charge in [0.1, 0.15) is 6.54 Å². The van der Waals surface area contributed by atoms with Gasteiger partial charge in [-0.1, -0.05) is 18.2 Å². The molecule has 18 heavy (non-hydrogen) atoms. The molecule has 0 spiro atoms. The first-order chi connectivity index (χ1) is 8.69. The molecule has 0 aliphatic carbocycles. The van der Waals surface area contributed by atoms with E-state index in [1.54, 1.807) is 11.5 Å². The topological polar surface area (TPSA) is 48.3 Å². The molecule has 0 fully saturated rings. The maximum Gasteiger partial charge on any atom is 0.325 e. The normalized spacial score (nSPS) is 10.6. The van der Waals surface area contributed by atoms with Crippen LogP contribution in [0.5, 0.6) is 0 Å². The van der Waals surface area contributed by atoms with Crippen molar-refractivity contribution in [1.29, 1.82) is 0 Å². The third-order valence-electron chi connectivity index (χ3n) is 2.65. The first-order valence-corrected chi connectivity index (χ1v) is 6.35.